The zero-order chi connectivity index (χ0) is 33.7. The summed E-state index contributed by atoms with van der Waals surface area (Å²) >= 11 is 0. The first-order valence-corrected chi connectivity index (χ1v) is 14.5. The average Bonchev–Trinajstić information content (AvgIpc) is 3.55. The summed E-state index contributed by atoms with van der Waals surface area (Å²) in [5.74, 6) is -3.81. The number of hydrogen-bond acceptors (Lipinski definition) is 5. The molecule has 1 fully saturated rings. The molecule has 13 heteroatoms. The van der Waals surface area contributed by atoms with E-state index in [0.29, 0.717) is 35.6 Å². The van der Waals surface area contributed by atoms with Gasteiger partial charge in [-0.1, -0.05) is 26.0 Å². The van der Waals surface area contributed by atoms with Crippen molar-refractivity contribution in [2.45, 2.75) is 39.1 Å². The van der Waals surface area contributed by atoms with E-state index >= 15 is 8.78 Å². The Labute approximate surface area is 264 Å². The maximum absolute atomic E-state index is 15.6. The fraction of sp³-hybridized carbons (Fsp3) is 0.265. The summed E-state index contributed by atoms with van der Waals surface area (Å²) in [6.45, 7) is 4.42. The van der Waals surface area contributed by atoms with Crippen LogP contribution in [0.4, 0.5) is 26.3 Å². The van der Waals surface area contributed by atoms with E-state index in [1.54, 1.807) is 6.07 Å². The number of pyridine rings is 1. The predicted octanol–water partition coefficient (Wildman–Crippen LogP) is 8.00. The van der Waals surface area contributed by atoms with E-state index in [1.165, 1.54) is 24.3 Å². The lowest BCUT2D eigenvalue weighted by Gasteiger charge is -2.28. The molecule has 0 unspecified atom stereocenters. The minimum Gasteiger partial charge on any atom is -0.478 e. The van der Waals surface area contributed by atoms with Crippen molar-refractivity contribution >= 4 is 17.0 Å². The fourth-order valence-electron chi connectivity index (χ4n) is 5.63. The molecule has 7 nitrogen and oxygen atoms in total. The number of nitrogens with zero attached hydrogens (tertiary/aromatic N) is 3. The number of carboxylic acids is 1. The third-order valence-corrected chi connectivity index (χ3v) is 8.20. The molecule has 0 radical (unpaired) electrons. The molecule has 0 bridgehead atoms. The van der Waals surface area contributed by atoms with E-state index in [2.05, 4.69) is 9.97 Å². The van der Waals surface area contributed by atoms with Crippen molar-refractivity contribution in [3.8, 4) is 17.1 Å². The summed E-state index contributed by atoms with van der Waals surface area (Å²) in [5.41, 5.74) is -0.263. The second kappa shape index (κ2) is 12.0. The van der Waals surface area contributed by atoms with Crippen molar-refractivity contribution in [2.75, 3.05) is 13.2 Å². The van der Waals surface area contributed by atoms with Gasteiger partial charge in [0.2, 0.25) is 0 Å². The number of carbonyl (C=O) groups is 1. The Balaban J connectivity index is 1.29. The van der Waals surface area contributed by atoms with Gasteiger partial charge in [0.25, 0.3) is 5.88 Å². The Kier molecular flexibility index (Phi) is 8.20. The minimum atomic E-state index is -4.51. The second-order valence-corrected chi connectivity index (χ2v) is 12.0. The number of hydrogen-bond donors (Lipinski definition) is 1. The van der Waals surface area contributed by atoms with Gasteiger partial charge in [-0.25, -0.2) is 27.9 Å². The van der Waals surface area contributed by atoms with Crippen LogP contribution < -0.4 is 4.74 Å². The molecular weight excluding hydrogens is 628 g/mol. The van der Waals surface area contributed by atoms with Crippen molar-refractivity contribution in [1.82, 2.24) is 14.5 Å². The standard InChI is InChI=1S/C34H27F6N3O4/c1-33(2)17-46-16-29(33)43-28-12-19(32(44)45)5-9-27(28)41-30(43)13-20-11-25(37)22(14-24(20)36)26-10-8-23(35)31(42-26)47-15-18-3-6-21(7-4-18)34(38,39)40/h3-12,14,29H,13,15-17H2,1-2H3,(H,44,45)/t29-/m1/s1. The number of aromatic carboxylic acids is 1. The zero-order valence-corrected chi connectivity index (χ0v) is 25.0. The van der Waals surface area contributed by atoms with Crippen LogP contribution >= 0.6 is 0 Å². The van der Waals surface area contributed by atoms with Crippen LogP contribution in [0.2, 0.25) is 0 Å². The van der Waals surface area contributed by atoms with Crippen molar-refractivity contribution in [3.63, 3.8) is 0 Å². The first-order chi connectivity index (χ1) is 22.2. The predicted molar refractivity (Wildman–Crippen MR) is 158 cm³/mol. The summed E-state index contributed by atoms with van der Waals surface area (Å²) in [4.78, 5) is 20.4. The van der Waals surface area contributed by atoms with Gasteiger partial charge in [0.05, 0.1) is 47.1 Å². The number of ether oxygens (including phenoxy) is 2. The molecule has 0 saturated carbocycles. The average molecular weight is 656 g/mol. The molecule has 3 aromatic carbocycles. The summed E-state index contributed by atoms with van der Waals surface area (Å²) in [6, 6.07) is 12.4. The largest absolute Gasteiger partial charge is 0.478 e. The van der Waals surface area contributed by atoms with E-state index in [1.807, 2.05) is 18.4 Å². The lowest BCUT2D eigenvalue weighted by Crippen LogP contribution is -2.27. The molecule has 0 amide bonds. The van der Waals surface area contributed by atoms with Crippen molar-refractivity contribution in [1.29, 1.82) is 0 Å². The highest BCUT2D eigenvalue weighted by Gasteiger charge is 2.39. The van der Waals surface area contributed by atoms with Gasteiger partial charge < -0.3 is 19.1 Å². The van der Waals surface area contributed by atoms with E-state index in [0.717, 1.165) is 36.4 Å². The minimum absolute atomic E-state index is 0.0288. The van der Waals surface area contributed by atoms with Gasteiger partial charge in [0.1, 0.15) is 24.1 Å². The number of benzene rings is 3. The second-order valence-electron chi connectivity index (χ2n) is 12.0. The molecule has 1 atom stereocenters. The topological polar surface area (TPSA) is 86.5 Å². The number of fused-ring (bicyclic) bond motifs is 1. The summed E-state index contributed by atoms with van der Waals surface area (Å²) in [5, 5.41) is 9.57. The monoisotopic (exact) mass is 655 g/mol. The lowest BCUT2D eigenvalue weighted by molar-refractivity contribution is -0.137. The van der Waals surface area contributed by atoms with Crippen LogP contribution in [0.5, 0.6) is 5.88 Å². The third-order valence-electron chi connectivity index (χ3n) is 8.20. The SMILES string of the molecule is CC1(C)COC[C@H]1n1c(Cc2cc(F)c(-c3ccc(F)c(OCc4ccc(C(F)(F)F)cc4)n3)cc2F)nc2ccc(C(=O)O)cc21. The Morgan fingerprint density at radius 2 is 1.72 bits per heavy atom. The number of alkyl halides is 3. The summed E-state index contributed by atoms with van der Waals surface area (Å²) < 4.78 is 97.2. The normalized spacial score (nSPS) is 16.1. The Morgan fingerprint density at radius 1 is 0.979 bits per heavy atom. The molecule has 3 heterocycles. The van der Waals surface area contributed by atoms with Crippen LogP contribution in [-0.4, -0.2) is 38.8 Å². The van der Waals surface area contributed by atoms with Gasteiger partial charge in [0.15, 0.2) is 5.82 Å². The molecule has 47 heavy (non-hydrogen) atoms. The van der Waals surface area contributed by atoms with E-state index < -0.39 is 41.0 Å². The molecule has 244 valence electrons. The van der Waals surface area contributed by atoms with Crippen molar-refractivity contribution in [3.05, 3.63) is 112 Å². The third kappa shape index (κ3) is 6.39. The van der Waals surface area contributed by atoms with Crippen LogP contribution in [0, 0.1) is 22.9 Å². The maximum atomic E-state index is 15.6. The Bertz CT molecular complexity index is 1990. The van der Waals surface area contributed by atoms with Crippen molar-refractivity contribution < 1.29 is 45.7 Å². The molecule has 0 aliphatic carbocycles. The van der Waals surface area contributed by atoms with Crippen LogP contribution in [0.1, 0.15) is 52.8 Å². The molecule has 0 spiro atoms. The highest BCUT2D eigenvalue weighted by molar-refractivity contribution is 5.92. The Hall–Kier alpha value is -4.91. The molecule has 1 aliphatic rings. The van der Waals surface area contributed by atoms with E-state index in [4.69, 9.17) is 9.47 Å². The summed E-state index contributed by atoms with van der Waals surface area (Å²) in [6.07, 6.45) is -4.65. The highest BCUT2D eigenvalue weighted by Crippen LogP contribution is 2.41. The van der Waals surface area contributed by atoms with E-state index in [9.17, 15) is 27.5 Å². The van der Waals surface area contributed by atoms with E-state index in [-0.39, 0.29) is 46.9 Å². The first-order valence-electron chi connectivity index (χ1n) is 14.5. The maximum Gasteiger partial charge on any atom is 0.416 e. The first kappa shape index (κ1) is 32.0. The van der Waals surface area contributed by atoms with Gasteiger partial charge in [-0.3, -0.25) is 0 Å². The number of carboxylic acid groups (broad SMARTS) is 1. The Morgan fingerprint density at radius 3 is 2.38 bits per heavy atom. The smallest absolute Gasteiger partial charge is 0.416 e. The van der Waals surface area contributed by atoms with Crippen molar-refractivity contribution in [2.24, 2.45) is 5.41 Å². The van der Waals surface area contributed by atoms with Gasteiger partial charge in [-0.05, 0) is 65.7 Å². The molecule has 2 aromatic heterocycles. The lowest BCUT2D eigenvalue weighted by atomic mass is 9.87. The number of rotatable bonds is 8. The number of aromatic nitrogens is 3. The number of imidazole rings is 1. The van der Waals surface area contributed by atoms with Crippen LogP contribution in [0.3, 0.4) is 0 Å². The zero-order valence-electron chi connectivity index (χ0n) is 25.0. The molecule has 5 aromatic rings. The van der Waals surface area contributed by atoms with Gasteiger partial charge in [-0.2, -0.15) is 13.2 Å². The fourth-order valence-corrected chi connectivity index (χ4v) is 5.63. The van der Waals surface area contributed by atoms with Gasteiger partial charge in [-0.15, -0.1) is 0 Å². The molecule has 1 saturated heterocycles. The highest BCUT2D eigenvalue weighted by atomic mass is 19.4. The molecule has 6 rings (SSSR count). The molecule has 1 N–H and O–H groups in total. The van der Waals surface area contributed by atoms with Gasteiger partial charge in [0, 0.05) is 17.4 Å². The quantitative estimate of drug-likeness (QED) is 0.171. The summed E-state index contributed by atoms with van der Waals surface area (Å²) in [7, 11) is 0. The molecular formula is C34H27F6N3O4. The van der Waals surface area contributed by atoms with Crippen LogP contribution in [0.15, 0.2) is 66.7 Å². The molecule has 1 aliphatic heterocycles. The number of halogens is 6. The van der Waals surface area contributed by atoms with Crippen LogP contribution in [-0.2, 0) is 23.9 Å². The van der Waals surface area contributed by atoms with Crippen LogP contribution in [0.25, 0.3) is 22.3 Å². The van der Waals surface area contributed by atoms with Gasteiger partial charge >= 0.3 is 12.1 Å².